The van der Waals surface area contributed by atoms with Gasteiger partial charge < -0.3 is 5.32 Å². The van der Waals surface area contributed by atoms with Gasteiger partial charge in [-0.05, 0) is 63.2 Å². The van der Waals surface area contributed by atoms with E-state index in [1.54, 1.807) is 12.1 Å². The van der Waals surface area contributed by atoms with E-state index in [9.17, 15) is 17.2 Å². The normalized spacial score (nSPS) is 17.6. The summed E-state index contributed by atoms with van der Waals surface area (Å²) in [5, 5.41) is 3.10. The zero-order valence-electron chi connectivity index (χ0n) is 13.4. The third kappa shape index (κ3) is 2.74. The topological polar surface area (TPSA) is 46.2 Å². The van der Waals surface area contributed by atoms with Gasteiger partial charge in [0.2, 0.25) is 0 Å². The monoisotopic (exact) mass is 351 g/mol. The lowest BCUT2D eigenvalue weighted by molar-refractivity contribution is 0.381. The van der Waals surface area contributed by atoms with Crippen molar-refractivity contribution in [1.82, 2.24) is 5.32 Å². The van der Waals surface area contributed by atoms with Crippen LogP contribution in [-0.4, -0.2) is 21.5 Å². The van der Waals surface area contributed by atoms with Crippen LogP contribution in [0.1, 0.15) is 24.0 Å². The molecule has 2 aromatic carbocycles. The fourth-order valence-electron chi connectivity index (χ4n) is 3.30. The quantitative estimate of drug-likeness (QED) is 0.923. The van der Waals surface area contributed by atoms with Crippen molar-refractivity contribution in [1.29, 1.82) is 0 Å². The van der Waals surface area contributed by atoms with Crippen LogP contribution in [0, 0.1) is 18.6 Å². The predicted octanol–water partition coefficient (Wildman–Crippen LogP) is 3.33. The first-order valence-electron chi connectivity index (χ1n) is 7.84. The molecule has 128 valence electrons. The molecule has 0 saturated carbocycles. The summed E-state index contributed by atoms with van der Waals surface area (Å²) >= 11 is 0. The van der Waals surface area contributed by atoms with Crippen molar-refractivity contribution in [3.63, 3.8) is 0 Å². The Bertz CT molecular complexity index is 842. The summed E-state index contributed by atoms with van der Waals surface area (Å²) in [5.41, 5.74) is 0.856. The molecule has 2 aromatic rings. The summed E-state index contributed by atoms with van der Waals surface area (Å²) in [6.07, 6.45) is 0.396. The van der Waals surface area contributed by atoms with Gasteiger partial charge in [-0.3, -0.25) is 0 Å². The molecule has 3 nitrogen and oxygen atoms in total. The molecule has 0 aliphatic carbocycles. The third-order valence-electron chi connectivity index (χ3n) is 4.68. The van der Waals surface area contributed by atoms with Crippen LogP contribution in [0.5, 0.6) is 0 Å². The van der Waals surface area contributed by atoms with E-state index in [1.165, 1.54) is 12.1 Å². The molecule has 6 heteroatoms. The lowest BCUT2D eigenvalue weighted by atomic mass is 9.88. The minimum absolute atomic E-state index is 0.0791. The number of hydrogen-bond acceptors (Lipinski definition) is 3. The lowest BCUT2D eigenvalue weighted by Crippen LogP contribution is -2.46. The maximum absolute atomic E-state index is 14.5. The second-order valence-electron chi connectivity index (χ2n) is 6.18. The Morgan fingerprint density at radius 1 is 1.00 bits per heavy atom. The summed E-state index contributed by atoms with van der Waals surface area (Å²) in [6.45, 7) is 2.73. The minimum Gasteiger partial charge on any atom is -0.317 e. The van der Waals surface area contributed by atoms with E-state index in [1.807, 2.05) is 6.92 Å². The Morgan fingerprint density at radius 2 is 1.62 bits per heavy atom. The predicted molar refractivity (Wildman–Crippen MR) is 88.5 cm³/mol. The average Bonchev–Trinajstić information content (AvgIpc) is 2.58. The molecular formula is C18H19F2NO2S. The van der Waals surface area contributed by atoms with E-state index in [0.717, 1.165) is 23.8 Å². The molecule has 3 rings (SSSR count). The molecule has 1 aliphatic rings. The van der Waals surface area contributed by atoms with Crippen LogP contribution in [0.15, 0.2) is 47.4 Å². The van der Waals surface area contributed by atoms with E-state index in [0.29, 0.717) is 13.1 Å². The van der Waals surface area contributed by atoms with Crippen LogP contribution >= 0.6 is 0 Å². The molecule has 24 heavy (non-hydrogen) atoms. The number of benzene rings is 2. The first-order valence-corrected chi connectivity index (χ1v) is 9.33. The Balaban J connectivity index is 2.22. The molecule has 0 atom stereocenters. The Kier molecular flexibility index (Phi) is 4.44. The van der Waals surface area contributed by atoms with Gasteiger partial charge in [0.05, 0.1) is 4.90 Å². The van der Waals surface area contributed by atoms with Gasteiger partial charge in [-0.1, -0.05) is 17.7 Å². The highest BCUT2D eigenvalue weighted by molar-refractivity contribution is 7.92. The van der Waals surface area contributed by atoms with E-state index >= 15 is 0 Å². The fraction of sp³-hybridized carbons (Fsp3) is 0.333. The highest BCUT2D eigenvalue weighted by Crippen LogP contribution is 2.43. The van der Waals surface area contributed by atoms with Crippen LogP contribution in [0.25, 0.3) is 0 Å². The van der Waals surface area contributed by atoms with Crippen molar-refractivity contribution in [3.05, 3.63) is 65.2 Å². The Labute approximate surface area is 140 Å². The maximum Gasteiger partial charge on any atom is 0.188 e. The molecule has 0 aromatic heterocycles. The number of rotatable bonds is 3. The zero-order chi connectivity index (χ0) is 17.4. The number of halogens is 2. The highest BCUT2D eigenvalue weighted by Gasteiger charge is 2.48. The van der Waals surface area contributed by atoms with Crippen molar-refractivity contribution in [2.24, 2.45) is 0 Å². The van der Waals surface area contributed by atoms with Gasteiger partial charge in [-0.25, -0.2) is 17.2 Å². The minimum atomic E-state index is -3.88. The molecule has 1 N–H and O–H groups in total. The summed E-state index contributed by atoms with van der Waals surface area (Å²) < 4.78 is 53.5. The molecule has 0 radical (unpaired) electrons. The van der Waals surface area contributed by atoms with Crippen molar-refractivity contribution >= 4 is 9.84 Å². The number of sulfone groups is 1. The van der Waals surface area contributed by atoms with Gasteiger partial charge in [-0.2, -0.15) is 0 Å². The number of nitrogens with one attached hydrogen (secondary N) is 1. The first-order chi connectivity index (χ1) is 11.4. The van der Waals surface area contributed by atoms with Crippen molar-refractivity contribution in [2.75, 3.05) is 13.1 Å². The van der Waals surface area contributed by atoms with Crippen molar-refractivity contribution < 1.29 is 17.2 Å². The van der Waals surface area contributed by atoms with Gasteiger partial charge in [0.1, 0.15) is 16.4 Å². The number of piperidine rings is 1. The number of aryl methyl sites for hydroxylation is 1. The molecule has 0 spiro atoms. The van der Waals surface area contributed by atoms with Crippen LogP contribution in [0.2, 0.25) is 0 Å². The van der Waals surface area contributed by atoms with Crippen LogP contribution in [-0.2, 0) is 14.6 Å². The van der Waals surface area contributed by atoms with Gasteiger partial charge in [0.25, 0.3) is 0 Å². The van der Waals surface area contributed by atoms with Gasteiger partial charge in [0, 0.05) is 5.56 Å². The van der Waals surface area contributed by atoms with E-state index in [4.69, 9.17) is 0 Å². The van der Waals surface area contributed by atoms with Gasteiger partial charge in [-0.15, -0.1) is 0 Å². The van der Waals surface area contributed by atoms with Crippen LogP contribution in [0.4, 0.5) is 8.78 Å². The summed E-state index contributed by atoms with van der Waals surface area (Å²) in [6, 6.07) is 9.52. The Morgan fingerprint density at radius 3 is 2.25 bits per heavy atom. The van der Waals surface area contributed by atoms with E-state index < -0.39 is 26.2 Å². The van der Waals surface area contributed by atoms with Crippen molar-refractivity contribution in [2.45, 2.75) is 29.4 Å². The van der Waals surface area contributed by atoms with Crippen LogP contribution < -0.4 is 5.32 Å². The van der Waals surface area contributed by atoms with E-state index in [2.05, 4.69) is 5.32 Å². The maximum atomic E-state index is 14.5. The average molecular weight is 351 g/mol. The highest BCUT2D eigenvalue weighted by atomic mass is 32.2. The first kappa shape index (κ1) is 17.0. The van der Waals surface area contributed by atoms with E-state index in [-0.39, 0.29) is 23.3 Å². The molecule has 1 aliphatic heterocycles. The van der Waals surface area contributed by atoms with Gasteiger partial charge in [0.15, 0.2) is 9.84 Å². The lowest BCUT2D eigenvalue weighted by Gasteiger charge is -2.37. The molecule has 0 unspecified atom stereocenters. The summed E-state index contributed by atoms with van der Waals surface area (Å²) in [4.78, 5) is 0.138. The summed E-state index contributed by atoms with van der Waals surface area (Å²) in [5.74, 6) is -1.32. The number of hydrogen-bond donors (Lipinski definition) is 1. The third-order valence-corrected chi connectivity index (χ3v) is 7.23. The summed E-state index contributed by atoms with van der Waals surface area (Å²) in [7, 11) is -3.88. The standard InChI is InChI=1S/C18H19F2NO2S/c1-13-2-5-15(6-3-13)24(22,23)18(8-10-21-11-9-18)16-12-14(19)4-7-17(16)20/h2-7,12,21H,8-11H2,1H3. The molecule has 0 amide bonds. The SMILES string of the molecule is Cc1ccc(S(=O)(=O)C2(c3cc(F)ccc3F)CCNCC2)cc1. The largest absolute Gasteiger partial charge is 0.317 e. The van der Waals surface area contributed by atoms with Gasteiger partial charge >= 0.3 is 0 Å². The molecular weight excluding hydrogens is 332 g/mol. The molecule has 0 bridgehead atoms. The molecule has 1 fully saturated rings. The molecule has 1 heterocycles. The Hall–Kier alpha value is -1.79. The second-order valence-corrected chi connectivity index (χ2v) is 8.44. The fourth-order valence-corrected chi connectivity index (χ4v) is 5.44. The smallest absolute Gasteiger partial charge is 0.188 e. The van der Waals surface area contributed by atoms with Crippen LogP contribution in [0.3, 0.4) is 0 Å². The second kappa shape index (κ2) is 6.26. The molecule has 1 saturated heterocycles. The van der Waals surface area contributed by atoms with Crippen molar-refractivity contribution in [3.8, 4) is 0 Å². The zero-order valence-corrected chi connectivity index (χ0v) is 14.2.